The molecule has 0 aromatic heterocycles. The lowest BCUT2D eigenvalue weighted by atomic mass is 10.3. The number of alkyl halides is 2. The van der Waals surface area contributed by atoms with E-state index in [1.165, 1.54) is 0 Å². The van der Waals surface area contributed by atoms with Crippen molar-refractivity contribution in [3.63, 3.8) is 0 Å². The van der Waals surface area contributed by atoms with Gasteiger partial charge in [-0.1, -0.05) is 6.07 Å². The van der Waals surface area contributed by atoms with Gasteiger partial charge >= 0.3 is 0 Å². The quantitative estimate of drug-likeness (QED) is 0.680. The van der Waals surface area contributed by atoms with E-state index < -0.39 is 6.93 Å². The number of hydrogen-bond acceptors (Lipinski definition) is 3. The summed E-state index contributed by atoms with van der Waals surface area (Å²) in [5.41, 5.74) is 0. The van der Waals surface area contributed by atoms with Crippen LogP contribution in [0.3, 0.4) is 0 Å². The van der Waals surface area contributed by atoms with E-state index in [2.05, 4.69) is 0 Å². The van der Waals surface area contributed by atoms with Crippen molar-refractivity contribution in [2.24, 2.45) is 0 Å². The lowest BCUT2D eigenvalue weighted by Crippen LogP contribution is -1.93. The molecule has 0 saturated heterocycles. The van der Waals surface area contributed by atoms with E-state index in [-0.39, 0.29) is 12.5 Å². The highest BCUT2D eigenvalue weighted by atomic mass is 19.3. The van der Waals surface area contributed by atoms with Gasteiger partial charge in [0.2, 0.25) is 19.5 Å². The number of benzene rings is 1. The highest BCUT2D eigenvalue weighted by Gasteiger charge is 2.15. The van der Waals surface area contributed by atoms with Crippen LogP contribution in [0.4, 0.5) is 8.78 Å². The van der Waals surface area contributed by atoms with Crippen molar-refractivity contribution in [3.05, 3.63) is 18.2 Å². The molecule has 5 heteroatoms. The number of phenols is 1. The summed E-state index contributed by atoms with van der Waals surface area (Å²) in [5, 5.41) is 9.13. The first-order valence-corrected chi connectivity index (χ1v) is 3.49. The maximum atomic E-state index is 9.62. The molecule has 0 amide bonds. The second-order valence-electron chi connectivity index (χ2n) is 2.11. The maximum absolute atomic E-state index is 9.62. The van der Waals surface area contributed by atoms with Crippen LogP contribution in [0.15, 0.2) is 18.2 Å². The van der Waals surface area contributed by atoms with Gasteiger partial charge in [-0.3, -0.25) is 0 Å². The second kappa shape index (κ2) is 4.49. The van der Waals surface area contributed by atoms with Crippen molar-refractivity contribution in [1.82, 2.24) is 0 Å². The molecule has 0 spiro atoms. The molecule has 72 valence electrons. The molecule has 0 fully saturated rings. The van der Waals surface area contributed by atoms with Gasteiger partial charge in [-0.25, -0.2) is 8.78 Å². The molecule has 1 aliphatic rings. The largest absolute Gasteiger partial charge is 0.504 e. The van der Waals surface area contributed by atoms with E-state index in [4.69, 9.17) is 14.6 Å². The summed E-state index contributed by atoms with van der Waals surface area (Å²) in [4.78, 5) is 0. The number of fused-ring (bicyclic) bond motifs is 1. The van der Waals surface area contributed by atoms with Crippen LogP contribution < -0.4 is 9.47 Å². The van der Waals surface area contributed by atoms with E-state index >= 15 is 0 Å². The Balaban J connectivity index is 0.000000251. The Kier molecular flexibility index (Phi) is 3.31. The van der Waals surface area contributed by atoms with Crippen LogP contribution in [-0.2, 0) is 0 Å². The lowest BCUT2D eigenvalue weighted by Gasteiger charge is -1.95. The Morgan fingerprint density at radius 1 is 1.31 bits per heavy atom. The van der Waals surface area contributed by atoms with Crippen molar-refractivity contribution < 1.29 is 23.4 Å². The number of aromatic hydroxyl groups is 1. The Morgan fingerprint density at radius 2 is 2.00 bits per heavy atom. The lowest BCUT2D eigenvalue weighted by molar-refractivity contribution is 0.171. The number of phenolic OH excluding ortho intramolecular Hbond substituents is 1. The normalized spacial score (nSPS) is 11.8. The molecule has 3 nitrogen and oxygen atoms in total. The summed E-state index contributed by atoms with van der Waals surface area (Å²) in [6.07, 6.45) is 0. The summed E-state index contributed by atoms with van der Waals surface area (Å²) in [6, 6.07) is 5.03. The molecule has 0 radical (unpaired) electrons. The Morgan fingerprint density at radius 3 is 2.62 bits per heavy atom. The fourth-order valence-electron chi connectivity index (χ4n) is 0.915. The van der Waals surface area contributed by atoms with E-state index in [0.717, 1.165) is 0 Å². The van der Waals surface area contributed by atoms with Crippen LogP contribution in [-0.4, -0.2) is 18.8 Å². The van der Waals surface area contributed by atoms with E-state index in [0.29, 0.717) is 11.5 Å². The molecule has 1 heterocycles. The van der Waals surface area contributed by atoms with Crippen LogP contribution in [0.5, 0.6) is 17.2 Å². The minimum absolute atomic E-state index is 0.134. The fraction of sp³-hybridized carbons (Fsp3) is 0.250. The third-order valence-corrected chi connectivity index (χ3v) is 1.38. The minimum Gasteiger partial charge on any atom is -0.504 e. The van der Waals surface area contributed by atoms with Crippen LogP contribution in [0.1, 0.15) is 0 Å². The maximum Gasteiger partial charge on any atom is 0.231 e. The zero-order valence-electron chi connectivity index (χ0n) is 6.67. The van der Waals surface area contributed by atoms with Crippen molar-refractivity contribution >= 4 is 0 Å². The number of ether oxygens (including phenoxy) is 2. The van der Waals surface area contributed by atoms with Crippen LogP contribution in [0, 0.1) is 0 Å². The molecule has 1 aromatic carbocycles. The first kappa shape index (κ1) is 9.57. The summed E-state index contributed by atoms with van der Waals surface area (Å²) < 4.78 is 29.2. The Bertz CT molecular complexity index is 278. The first-order valence-electron chi connectivity index (χ1n) is 3.49. The molecule has 0 bridgehead atoms. The topological polar surface area (TPSA) is 38.7 Å². The highest BCUT2D eigenvalue weighted by molar-refractivity contribution is 5.51. The van der Waals surface area contributed by atoms with Gasteiger partial charge in [0, 0.05) is 0 Å². The third-order valence-electron chi connectivity index (χ3n) is 1.38. The van der Waals surface area contributed by atoms with E-state index in [9.17, 15) is 8.78 Å². The van der Waals surface area contributed by atoms with Gasteiger partial charge < -0.3 is 14.6 Å². The number of rotatable bonds is 0. The molecule has 0 saturated carbocycles. The smallest absolute Gasteiger partial charge is 0.231 e. The van der Waals surface area contributed by atoms with E-state index in [1.54, 1.807) is 18.2 Å². The van der Waals surface area contributed by atoms with Crippen LogP contribution in [0.25, 0.3) is 0 Å². The van der Waals surface area contributed by atoms with Crippen molar-refractivity contribution in [2.45, 2.75) is 0 Å². The van der Waals surface area contributed by atoms with Crippen molar-refractivity contribution in [1.29, 1.82) is 0 Å². The van der Waals surface area contributed by atoms with Gasteiger partial charge in [-0.2, -0.15) is 0 Å². The number of halogens is 2. The Hall–Kier alpha value is -1.52. The van der Waals surface area contributed by atoms with Gasteiger partial charge in [0.1, 0.15) is 0 Å². The second-order valence-corrected chi connectivity index (χ2v) is 2.11. The van der Waals surface area contributed by atoms with Gasteiger partial charge in [0.05, 0.1) is 0 Å². The molecule has 13 heavy (non-hydrogen) atoms. The number of para-hydroxylation sites is 1. The Labute approximate surface area is 73.5 Å². The first-order chi connectivity index (χ1) is 6.29. The number of hydrogen-bond donors (Lipinski definition) is 1. The molecular weight excluding hydrogens is 182 g/mol. The minimum atomic E-state index is -1.75. The molecule has 1 N–H and O–H groups in total. The summed E-state index contributed by atoms with van der Waals surface area (Å²) >= 11 is 0. The van der Waals surface area contributed by atoms with Gasteiger partial charge in [0.25, 0.3) is 0 Å². The summed E-state index contributed by atoms with van der Waals surface area (Å²) in [7, 11) is 0. The zero-order valence-corrected chi connectivity index (χ0v) is 6.67. The van der Waals surface area contributed by atoms with Crippen LogP contribution >= 0.6 is 0 Å². The zero-order chi connectivity index (χ0) is 9.68. The average Bonchev–Trinajstić information content (AvgIpc) is 2.54. The van der Waals surface area contributed by atoms with Crippen LogP contribution in [0.2, 0.25) is 0 Å². The van der Waals surface area contributed by atoms with Gasteiger partial charge in [0.15, 0.2) is 11.5 Å². The molecule has 0 atom stereocenters. The highest BCUT2D eigenvalue weighted by Crippen LogP contribution is 2.39. The molecule has 1 aliphatic heterocycles. The van der Waals surface area contributed by atoms with Crippen molar-refractivity contribution in [2.75, 3.05) is 13.7 Å². The molecule has 2 rings (SSSR count). The van der Waals surface area contributed by atoms with Crippen molar-refractivity contribution in [3.8, 4) is 17.2 Å². The standard InChI is InChI=1S/C7H6O3.CH2F2/c8-5-2-1-3-6-7(5)10-4-9-6;2-1-3/h1-3,8H,4H2;1H2. The summed E-state index contributed by atoms with van der Waals surface area (Å²) in [5.74, 6) is 1.19. The van der Waals surface area contributed by atoms with Gasteiger partial charge in [-0.05, 0) is 12.1 Å². The molecule has 1 aromatic rings. The van der Waals surface area contributed by atoms with Gasteiger partial charge in [-0.15, -0.1) is 0 Å². The third kappa shape index (κ3) is 2.21. The predicted octanol–water partition coefficient (Wildman–Crippen LogP) is 2.00. The fourth-order valence-corrected chi connectivity index (χ4v) is 0.915. The molecule has 0 aliphatic carbocycles. The SMILES string of the molecule is FCF.Oc1cccc2c1OCO2. The molecule has 0 unspecified atom stereocenters. The monoisotopic (exact) mass is 190 g/mol. The average molecular weight is 190 g/mol. The molecular formula is C8H8F2O3. The van der Waals surface area contributed by atoms with E-state index in [1.807, 2.05) is 0 Å². The summed E-state index contributed by atoms with van der Waals surface area (Å²) in [6.45, 7) is -1.55. The predicted molar refractivity (Wildman–Crippen MR) is 41.3 cm³/mol.